The van der Waals surface area contributed by atoms with Gasteiger partial charge in [0.05, 0.1) is 16.6 Å². The molecular weight excluding hydrogens is 584 g/mol. The highest BCUT2D eigenvalue weighted by Gasteiger charge is 2.69. The number of methoxy groups -OCH3 is 1. The second-order valence-electron chi connectivity index (χ2n) is 15.4. The van der Waals surface area contributed by atoms with Gasteiger partial charge in [-0.2, -0.15) is 0 Å². The van der Waals surface area contributed by atoms with Crippen molar-refractivity contribution in [3.8, 4) is 0 Å². The quantitative estimate of drug-likeness (QED) is 0.214. The van der Waals surface area contributed by atoms with Crippen LogP contribution < -0.4 is 5.19 Å². The molecule has 0 aromatic heterocycles. The molecule has 0 bridgehead atoms. The predicted molar refractivity (Wildman–Crippen MR) is 176 cm³/mol. The van der Waals surface area contributed by atoms with Crippen molar-refractivity contribution < 1.29 is 33.4 Å². The molecule has 0 heterocycles. The van der Waals surface area contributed by atoms with Crippen LogP contribution in [0.25, 0.3) is 0 Å². The summed E-state index contributed by atoms with van der Waals surface area (Å²) in [7, 11) is 0.587. The first kappa shape index (κ1) is 33.9. The second kappa shape index (κ2) is 13.0. The third kappa shape index (κ3) is 6.05. The van der Waals surface area contributed by atoms with E-state index in [0.717, 1.165) is 19.3 Å². The lowest BCUT2D eigenvalue weighted by Gasteiger charge is -2.65. The average molecular weight is 639 g/mol. The third-order valence-corrected chi connectivity index (χ3v) is 16.3. The van der Waals surface area contributed by atoms with E-state index in [0.29, 0.717) is 37.9 Å². The van der Waals surface area contributed by atoms with Gasteiger partial charge in [0.25, 0.3) is 0 Å². The van der Waals surface area contributed by atoms with E-state index in [2.05, 4.69) is 52.8 Å². The summed E-state index contributed by atoms with van der Waals surface area (Å²) in [5.41, 5.74) is 2.50. The van der Waals surface area contributed by atoms with Gasteiger partial charge in [-0.25, -0.2) is 0 Å². The van der Waals surface area contributed by atoms with E-state index in [4.69, 9.17) is 14.2 Å². The molecule has 7 nitrogen and oxygen atoms in total. The molecule has 1 aromatic carbocycles. The van der Waals surface area contributed by atoms with Gasteiger partial charge in [-0.1, -0.05) is 44.2 Å². The van der Waals surface area contributed by atoms with Gasteiger partial charge >= 0.3 is 17.9 Å². The minimum absolute atomic E-state index is 0.119. The molecule has 248 valence electrons. The Labute approximate surface area is 271 Å². The molecule has 0 spiro atoms. The third-order valence-electron chi connectivity index (χ3n) is 13.5. The van der Waals surface area contributed by atoms with E-state index < -0.39 is 9.52 Å². The first-order valence-electron chi connectivity index (χ1n) is 17.2. The first-order valence-corrected chi connectivity index (χ1v) is 18.7. The Morgan fingerprint density at radius 2 is 1.69 bits per heavy atom. The topological polar surface area (TPSA) is 96.0 Å². The molecular formula is C37H54O7Si. The van der Waals surface area contributed by atoms with Crippen molar-refractivity contribution in [1.82, 2.24) is 0 Å². The lowest BCUT2D eigenvalue weighted by molar-refractivity contribution is -0.218. The zero-order chi connectivity index (χ0) is 32.8. The van der Waals surface area contributed by atoms with E-state index in [9.17, 15) is 19.2 Å². The van der Waals surface area contributed by atoms with Gasteiger partial charge in [-0.15, -0.1) is 0 Å². The SMILES string of the molecule is COC(=O)CC[C@@H](C)[C@H]1CC[C@H]2[C@@H]3[C@H](OC(C)=O)C[C@@H]4CC(=O)C[C@@H]([SiH2]c5cccc(C)c5C)[C@]4(C)[C@H]3C[C@H](OC(C)=O)[C@]12C. The molecule has 5 rings (SSSR count). The number of benzene rings is 1. The monoisotopic (exact) mass is 638 g/mol. The molecule has 0 aliphatic heterocycles. The highest BCUT2D eigenvalue weighted by molar-refractivity contribution is 6.56. The fraction of sp³-hybridized carbons (Fsp3) is 0.730. The molecule has 4 saturated carbocycles. The van der Waals surface area contributed by atoms with E-state index in [1.165, 1.54) is 37.3 Å². The van der Waals surface area contributed by atoms with Gasteiger partial charge in [-0.05, 0) is 97.6 Å². The van der Waals surface area contributed by atoms with Crippen LogP contribution in [0, 0.1) is 60.2 Å². The van der Waals surface area contributed by atoms with Crippen LogP contribution in [0.15, 0.2) is 18.2 Å². The minimum Gasteiger partial charge on any atom is -0.469 e. The molecule has 0 amide bonds. The number of esters is 3. The van der Waals surface area contributed by atoms with Crippen LogP contribution >= 0.6 is 0 Å². The number of carbonyl (C=O) groups excluding carboxylic acids is 4. The summed E-state index contributed by atoms with van der Waals surface area (Å²) in [5, 5.41) is 1.44. The summed E-state index contributed by atoms with van der Waals surface area (Å²) < 4.78 is 17.5. The summed E-state index contributed by atoms with van der Waals surface area (Å²) >= 11 is 0. The zero-order valence-electron chi connectivity index (χ0n) is 28.6. The Bertz CT molecular complexity index is 1330. The molecule has 4 aliphatic rings. The number of rotatable bonds is 8. The van der Waals surface area contributed by atoms with Gasteiger partial charge in [-0.3, -0.25) is 19.2 Å². The van der Waals surface area contributed by atoms with Crippen LogP contribution in [0.3, 0.4) is 0 Å². The molecule has 0 N–H and O–H groups in total. The summed E-state index contributed by atoms with van der Waals surface area (Å²) in [6, 6.07) is 6.58. The Kier molecular flexibility index (Phi) is 9.75. The van der Waals surface area contributed by atoms with E-state index in [1.807, 2.05) is 0 Å². The number of Topliss-reactive ketones (excluding diaryl/α,β-unsaturated/α-hetero) is 1. The van der Waals surface area contributed by atoms with E-state index >= 15 is 0 Å². The number of ether oxygens (including phenoxy) is 3. The minimum atomic E-state index is -0.843. The van der Waals surface area contributed by atoms with Crippen molar-refractivity contribution in [3.05, 3.63) is 29.3 Å². The maximum Gasteiger partial charge on any atom is 0.305 e. The predicted octanol–water partition coefficient (Wildman–Crippen LogP) is 5.40. The van der Waals surface area contributed by atoms with Crippen LogP contribution in [0.5, 0.6) is 0 Å². The summed E-state index contributed by atoms with van der Waals surface area (Å²) in [6.45, 7) is 14.4. The maximum atomic E-state index is 13.4. The largest absolute Gasteiger partial charge is 0.469 e. The van der Waals surface area contributed by atoms with Crippen LogP contribution in [-0.4, -0.2) is 52.5 Å². The molecule has 4 aliphatic carbocycles. The lowest BCUT2D eigenvalue weighted by atomic mass is 9.43. The molecule has 0 radical (unpaired) electrons. The Morgan fingerprint density at radius 3 is 2.36 bits per heavy atom. The maximum absolute atomic E-state index is 13.4. The van der Waals surface area contributed by atoms with Crippen molar-refractivity contribution >= 4 is 38.4 Å². The number of aryl methyl sites for hydroxylation is 1. The van der Waals surface area contributed by atoms with Crippen molar-refractivity contribution in [2.45, 2.75) is 118 Å². The molecule has 1 aromatic rings. The van der Waals surface area contributed by atoms with Crippen molar-refractivity contribution in [2.75, 3.05) is 7.11 Å². The molecule has 4 fully saturated rings. The zero-order valence-corrected chi connectivity index (χ0v) is 30.1. The van der Waals surface area contributed by atoms with Gasteiger partial charge in [0.1, 0.15) is 18.0 Å². The molecule has 0 unspecified atom stereocenters. The number of hydrogen-bond acceptors (Lipinski definition) is 7. The average Bonchev–Trinajstić information content (AvgIpc) is 3.33. The van der Waals surface area contributed by atoms with E-state index in [1.54, 1.807) is 0 Å². The molecule has 8 heteroatoms. The Balaban J connectivity index is 1.58. The Hall–Kier alpha value is -2.48. The van der Waals surface area contributed by atoms with Crippen LogP contribution in [0.1, 0.15) is 97.1 Å². The number of fused-ring (bicyclic) bond motifs is 5. The normalized spacial score (nSPS) is 38.2. The highest BCUT2D eigenvalue weighted by atomic mass is 28.2. The summed E-state index contributed by atoms with van der Waals surface area (Å²) in [4.78, 5) is 50.8. The Morgan fingerprint density at radius 1 is 0.978 bits per heavy atom. The van der Waals surface area contributed by atoms with Crippen LogP contribution in [0.4, 0.5) is 0 Å². The standard InChI is InChI=1S/C37H54O7Si/c1-20-10-9-11-31(22(20)3)45-33-18-26(40)16-25-17-30(43-23(4)38)35-28-14-13-27(21(2)12-15-34(41)42-8)37(28,7)32(44-24(5)39)19-29(35)36(25,33)6/h9-11,21,25,27-30,32-33,35H,12-19,45H2,1-8H3/t21-,25+,27-,28+,29+,30-,32+,33-,35+,36+,37-/m1/s1. The lowest BCUT2D eigenvalue weighted by Crippen LogP contribution is -2.65. The molecule has 45 heavy (non-hydrogen) atoms. The van der Waals surface area contributed by atoms with Crippen molar-refractivity contribution in [2.24, 2.45) is 46.3 Å². The van der Waals surface area contributed by atoms with Gasteiger partial charge in [0.2, 0.25) is 0 Å². The van der Waals surface area contributed by atoms with Gasteiger partial charge in [0.15, 0.2) is 0 Å². The number of hydrogen-bond donors (Lipinski definition) is 0. The van der Waals surface area contributed by atoms with E-state index in [-0.39, 0.29) is 82.0 Å². The number of ketones is 1. The van der Waals surface area contributed by atoms with Crippen molar-refractivity contribution in [1.29, 1.82) is 0 Å². The first-order chi connectivity index (χ1) is 21.2. The smallest absolute Gasteiger partial charge is 0.305 e. The fourth-order valence-corrected chi connectivity index (χ4v) is 14.0. The molecule has 11 atom stereocenters. The second-order valence-corrected chi connectivity index (χ2v) is 17.6. The summed E-state index contributed by atoms with van der Waals surface area (Å²) in [5.74, 6) is 0.733. The van der Waals surface area contributed by atoms with Crippen LogP contribution in [-0.2, 0) is 33.4 Å². The van der Waals surface area contributed by atoms with Gasteiger partial charge in [0, 0.05) is 44.4 Å². The van der Waals surface area contributed by atoms with Crippen LogP contribution in [0.2, 0.25) is 5.54 Å². The van der Waals surface area contributed by atoms with Crippen molar-refractivity contribution in [3.63, 3.8) is 0 Å². The fourth-order valence-electron chi connectivity index (χ4n) is 11.1. The molecule has 0 saturated heterocycles. The summed E-state index contributed by atoms with van der Waals surface area (Å²) in [6.07, 6.45) is 5.09. The van der Waals surface area contributed by atoms with Gasteiger partial charge < -0.3 is 14.2 Å². The number of carbonyl (C=O) groups is 4. The highest BCUT2D eigenvalue weighted by Crippen LogP contribution is 2.70.